The minimum absolute atomic E-state index is 0.339. The summed E-state index contributed by atoms with van der Waals surface area (Å²) in [7, 11) is 2.01. The third-order valence-corrected chi connectivity index (χ3v) is 3.42. The number of carboxylic acid groups (broad SMARTS) is 1. The highest BCUT2D eigenvalue weighted by molar-refractivity contribution is 5.66. The van der Waals surface area contributed by atoms with Gasteiger partial charge in [0.2, 0.25) is 0 Å². The summed E-state index contributed by atoms with van der Waals surface area (Å²) >= 11 is 0. The van der Waals surface area contributed by atoms with Crippen LogP contribution in [0.1, 0.15) is 11.4 Å². The molecule has 1 aromatic carbocycles. The molecule has 0 fully saturated rings. The van der Waals surface area contributed by atoms with Crippen molar-refractivity contribution in [2.24, 2.45) is 0 Å². The van der Waals surface area contributed by atoms with E-state index in [1.807, 2.05) is 55.9 Å². The zero-order valence-corrected chi connectivity index (χ0v) is 12.5. The average molecular weight is 288 g/mol. The van der Waals surface area contributed by atoms with Gasteiger partial charge >= 0.3 is 6.09 Å². The molecule has 0 aliphatic carbocycles. The van der Waals surface area contributed by atoms with Gasteiger partial charge in [-0.2, -0.15) is 5.10 Å². The fraction of sp³-hybridized carbons (Fsp3) is 0.333. The van der Waals surface area contributed by atoms with E-state index in [9.17, 15) is 4.79 Å². The summed E-state index contributed by atoms with van der Waals surface area (Å²) in [6, 6.07) is 10.1. The maximum absolute atomic E-state index is 10.5. The summed E-state index contributed by atoms with van der Waals surface area (Å²) in [6.45, 7) is 4.81. The molecule has 0 aliphatic rings. The zero-order valence-electron chi connectivity index (χ0n) is 12.5. The minimum Gasteiger partial charge on any atom is -0.465 e. The molecular weight excluding hydrogens is 268 g/mol. The second-order valence-electron chi connectivity index (χ2n) is 4.87. The summed E-state index contributed by atoms with van der Waals surface area (Å²) in [5.74, 6) is 0. The van der Waals surface area contributed by atoms with Crippen LogP contribution in [0.2, 0.25) is 0 Å². The molecule has 1 aromatic heterocycles. The Balaban J connectivity index is 2.21. The molecule has 0 bridgehead atoms. The monoisotopic (exact) mass is 288 g/mol. The topological polar surface area (TPSA) is 70.4 Å². The van der Waals surface area contributed by atoms with Crippen molar-refractivity contribution in [1.82, 2.24) is 15.1 Å². The number of nitrogens with zero attached hydrogens (tertiary/aromatic N) is 3. The van der Waals surface area contributed by atoms with Gasteiger partial charge < -0.3 is 15.3 Å². The molecular formula is C15H20N4O2. The highest BCUT2D eigenvalue weighted by atomic mass is 16.4. The van der Waals surface area contributed by atoms with Crippen LogP contribution >= 0.6 is 0 Å². The highest BCUT2D eigenvalue weighted by Gasteiger charge is 2.16. The molecule has 1 amide bonds. The van der Waals surface area contributed by atoms with Gasteiger partial charge in [0.15, 0.2) is 0 Å². The summed E-state index contributed by atoms with van der Waals surface area (Å²) in [6.07, 6.45) is -1.02. The van der Waals surface area contributed by atoms with Gasteiger partial charge in [-0.3, -0.25) is 4.68 Å². The Morgan fingerprint density at radius 1 is 1.33 bits per heavy atom. The number of amides is 1. The largest absolute Gasteiger partial charge is 0.465 e. The number of rotatable bonds is 5. The van der Waals surface area contributed by atoms with E-state index >= 15 is 0 Å². The highest BCUT2D eigenvalue weighted by Crippen LogP contribution is 2.29. The third-order valence-electron chi connectivity index (χ3n) is 3.42. The van der Waals surface area contributed by atoms with Gasteiger partial charge in [-0.1, -0.05) is 18.2 Å². The Morgan fingerprint density at radius 2 is 2.00 bits per heavy atom. The summed E-state index contributed by atoms with van der Waals surface area (Å²) in [4.78, 5) is 12.6. The van der Waals surface area contributed by atoms with Crippen LogP contribution in [-0.2, 0) is 6.54 Å². The molecule has 2 rings (SSSR count). The van der Waals surface area contributed by atoms with Crippen LogP contribution in [-0.4, -0.2) is 34.6 Å². The first-order valence-electron chi connectivity index (χ1n) is 6.80. The number of carbonyl (C=O) groups is 1. The minimum atomic E-state index is -1.02. The van der Waals surface area contributed by atoms with E-state index in [-0.39, 0.29) is 0 Å². The van der Waals surface area contributed by atoms with Crippen LogP contribution < -0.4 is 10.2 Å². The van der Waals surface area contributed by atoms with Crippen molar-refractivity contribution in [2.75, 3.05) is 18.5 Å². The van der Waals surface area contributed by atoms with Crippen molar-refractivity contribution >= 4 is 17.5 Å². The SMILES string of the molecule is Cc1nn(CCNC(=O)O)c(C)c1N(C)c1ccccc1. The number of aryl methyl sites for hydroxylation is 1. The molecule has 0 saturated carbocycles. The molecule has 0 saturated heterocycles. The first-order valence-corrected chi connectivity index (χ1v) is 6.80. The summed E-state index contributed by atoms with van der Waals surface area (Å²) in [5, 5.41) is 15.5. The van der Waals surface area contributed by atoms with Crippen LogP contribution in [0, 0.1) is 13.8 Å². The van der Waals surface area contributed by atoms with Gasteiger partial charge in [-0.15, -0.1) is 0 Å². The van der Waals surface area contributed by atoms with Crippen LogP contribution in [0.15, 0.2) is 30.3 Å². The van der Waals surface area contributed by atoms with E-state index in [1.54, 1.807) is 0 Å². The predicted molar refractivity (Wildman–Crippen MR) is 82.2 cm³/mol. The number of hydrogen-bond donors (Lipinski definition) is 2. The molecule has 2 N–H and O–H groups in total. The van der Waals surface area contributed by atoms with E-state index in [4.69, 9.17) is 5.11 Å². The fourth-order valence-electron chi connectivity index (χ4n) is 2.44. The van der Waals surface area contributed by atoms with Crippen LogP contribution in [0.25, 0.3) is 0 Å². The quantitative estimate of drug-likeness (QED) is 0.887. The van der Waals surface area contributed by atoms with Crippen molar-refractivity contribution in [1.29, 1.82) is 0 Å². The molecule has 0 unspecified atom stereocenters. The van der Waals surface area contributed by atoms with Crippen LogP contribution in [0.5, 0.6) is 0 Å². The van der Waals surface area contributed by atoms with Crippen molar-refractivity contribution in [3.63, 3.8) is 0 Å². The number of anilines is 2. The van der Waals surface area contributed by atoms with E-state index in [2.05, 4.69) is 15.3 Å². The van der Waals surface area contributed by atoms with Gasteiger partial charge in [0.1, 0.15) is 0 Å². The second kappa shape index (κ2) is 6.30. The first-order chi connectivity index (χ1) is 10.0. The molecule has 112 valence electrons. The lowest BCUT2D eigenvalue weighted by molar-refractivity contribution is 0.194. The van der Waals surface area contributed by atoms with Crippen molar-refractivity contribution in [3.05, 3.63) is 41.7 Å². The standard InChI is InChI=1S/C15H20N4O2/c1-11-14(18(3)13-7-5-4-6-8-13)12(2)19(17-11)10-9-16-15(20)21/h4-8,16H,9-10H2,1-3H3,(H,20,21). The molecule has 0 spiro atoms. The molecule has 21 heavy (non-hydrogen) atoms. The van der Waals surface area contributed by atoms with Gasteiger partial charge in [0.05, 0.1) is 23.6 Å². The Hall–Kier alpha value is -2.50. The van der Waals surface area contributed by atoms with Crippen LogP contribution in [0.3, 0.4) is 0 Å². The fourth-order valence-corrected chi connectivity index (χ4v) is 2.44. The Morgan fingerprint density at radius 3 is 2.62 bits per heavy atom. The molecule has 0 radical (unpaired) electrons. The number of benzene rings is 1. The van der Waals surface area contributed by atoms with E-state index in [1.165, 1.54) is 0 Å². The number of hydrogen-bond acceptors (Lipinski definition) is 3. The molecule has 0 aliphatic heterocycles. The summed E-state index contributed by atoms with van der Waals surface area (Å²) in [5.41, 5.74) is 4.09. The zero-order chi connectivity index (χ0) is 15.4. The van der Waals surface area contributed by atoms with Crippen molar-refractivity contribution in [2.45, 2.75) is 20.4 Å². The lowest BCUT2D eigenvalue weighted by atomic mass is 10.2. The molecule has 6 nitrogen and oxygen atoms in total. The van der Waals surface area contributed by atoms with E-state index in [0.717, 1.165) is 22.8 Å². The summed E-state index contributed by atoms with van der Waals surface area (Å²) < 4.78 is 1.83. The van der Waals surface area contributed by atoms with Gasteiger partial charge in [0.25, 0.3) is 0 Å². The lowest BCUT2D eigenvalue weighted by Gasteiger charge is -2.20. The molecule has 2 aromatic rings. The average Bonchev–Trinajstić information content (AvgIpc) is 2.73. The normalized spacial score (nSPS) is 10.4. The smallest absolute Gasteiger partial charge is 0.404 e. The van der Waals surface area contributed by atoms with Gasteiger partial charge in [-0.05, 0) is 26.0 Å². The maximum atomic E-state index is 10.5. The lowest BCUT2D eigenvalue weighted by Crippen LogP contribution is -2.26. The van der Waals surface area contributed by atoms with Gasteiger partial charge in [-0.25, -0.2) is 4.79 Å². The van der Waals surface area contributed by atoms with E-state index in [0.29, 0.717) is 13.1 Å². The predicted octanol–water partition coefficient (Wildman–Crippen LogP) is 2.54. The van der Waals surface area contributed by atoms with Crippen LogP contribution in [0.4, 0.5) is 16.2 Å². The number of para-hydroxylation sites is 1. The van der Waals surface area contributed by atoms with Gasteiger partial charge in [0, 0.05) is 19.3 Å². The van der Waals surface area contributed by atoms with Crippen molar-refractivity contribution in [3.8, 4) is 0 Å². The number of aromatic nitrogens is 2. The Kier molecular flexibility index (Phi) is 4.47. The molecule has 6 heteroatoms. The molecule has 1 heterocycles. The Bertz CT molecular complexity index is 622. The maximum Gasteiger partial charge on any atom is 0.404 e. The second-order valence-corrected chi connectivity index (χ2v) is 4.87. The molecule has 0 atom stereocenters. The first kappa shape index (κ1) is 14.9. The number of nitrogens with one attached hydrogen (secondary N) is 1. The van der Waals surface area contributed by atoms with Crippen molar-refractivity contribution < 1.29 is 9.90 Å². The van der Waals surface area contributed by atoms with E-state index < -0.39 is 6.09 Å². The third kappa shape index (κ3) is 3.34. The Labute approximate surface area is 124 Å².